The third-order valence-electron chi connectivity index (χ3n) is 5.09. The van der Waals surface area contributed by atoms with Gasteiger partial charge in [-0.05, 0) is 54.8 Å². The van der Waals surface area contributed by atoms with E-state index in [4.69, 9.17) is 4.74 Å². The molecular formula is C23H33N3O6S2. The number of ether oxygens (including phenoxy) is 1. The SMILES string of the molecule is CCc1ccc(N(CCCC(=O)NCCOc2ccc(S(=O)(=O)N(C)C)cc2)S(C)(=O)=O)cc1. The summed E-state index contributed by atoms with van der Waals surface area (Å²) in [7, 11) is -4.03. The van der Waals surface area contributed by atoms with Gasteiger partial charge in [0.2, 0.25) is 26.0 Å². The highest BCUT2D eigenvalue weighted by molar-refractivity contribution is 7.92. The standard InChI is InChI=1S/C23H33N3O6S2/c1-5-19-8-10-20(11-9-19)26(33(4,28)29)17-6-7-23(27)24-16-18-32-21-12-14-22(15-13-21)34(30,31)25(2)3/h8-15H,5-7,16-18H2,1-4H3,(H,24,27). The minimum atomic E-state index is -3.50. The third kappa shape index (κ3) is 8.00. The monoisotopic (exact) mass is 511 g/mol. The summed E-state index contributed by atoms with van der Waals surface area (Å²) in [6.45, 7) is 2.72. The van der Waals surface area contributed by atoms with Gasteiger partial charge in [0.05, 0.1) is 23.4 Å². The van der Waals surface area contributed by atoms with Crippen LogP contribution < -0.4 is 14.4 Å². The van der Waals surface area contributed by atoms with Crippen molar-refractivity contribution < 1.29 is 26.4 Å². The van der Waals surface area contributed by atoms with Gasteiger partial charge >= 0.3 is 0 Å². The van der Waals surface area contributed by atoms with Gasteiger partial charge in [-0.15, -0.1) is 0 Å². The minimum Gasteiger partial charge on any atom is -0.492 e. The molecule has 0 unspecified atom stereocenters. The lowest BCUT2D eigenvalue weighted by Crippen LogP contribution is -2.32. The average Bonchev–Trinajstić information content (AvgIpc) is 2.79. The smallest absolute Gasteiger partial charge is 0.242 e. The zero-order chi connectivity index (χ0) is 25.4. The van der Waals surface area contributed by atoms with Crippen LogP contribution in [0.1, 0.15) is 25.3 Å². The maximum atomic E-state index is 12.2. The Bertz CT molecular complexity index is 1150. The van der Waals surface area contributed by atoms with Gasteiger partial charge in [0.15, 0.2) is 0 Å². The highest BCUT2D eigenvalue weighted by atomic mass is 32.2. The van der Waals surface area contributed by atoms with E-state index in [1.807, 2.05) is 19.1 Å². The summed E-state index contributed by atoms with van der Waals surface area (Å²) in [4.78, 5) is 12.3. The van der Waals surface area contributed by atoms with Gasteiger partial charge in [-0.3, -0.25) is 9.10 Å². The fourth-order valence-corrected chi connectivity index (χ4v) is 5.00. The van der Waals surface area contributed by atoms with Crippen molar-refractivity contribution in [2.75, 3.05) is 44.4 Å². The Morgan fingerprint density at radius 2 is 1.59 bits per heavy atom. The van der Waals surface area contributed by atoms with Crippen molar-refractivity contribution >= 4 is 31.6 Å². The molecule has 2 aromatic carbocycles. The van der Waals surface area contributed by atoms with Crippen LogP contribution in [0.5, 0.6) is 5.75 Å². The molecule has 0 bridgehead atoms. The second-order valence-corrected chi connectivity index (χ2v) is 12.0. The predicted octanol–water partition coefficient (Wildman–Crippen LogP) is 2.24. The first-order valence-corrected chi connectivity index (χ1v) is 14.2. The third-order valence-corrected chi connectivity index (χ3v) is 8.12. The number of carbonyl (C=O) groups excluding carboxylic acids is 1. The molecule has 1 N–H and O–H groups in total. The topological polar surface area (TPSA) is 113 Å². The minimum absolute atomic E-state index is 0.169. The Kier molecular flexibility index (Phi) is 9.90. The molecule has 0 radical (unpaired) electrons. The number of aryl methyl sites for hydroxylation is 1. The van der Waals surface area contributed by atoms with E-state index in [1.165, 1.54) is 30.5 Å². The summed E-state index contributed by atoms with van der Waals surface area (Å²) < 4.78 is 56.5. The van der Waals surface area contributed by atoms with E-state index >= 15 is 0 Å². The quantitative estimate of drug-likeness (QED) is 0.413. The second kappa shape index (κ2) is 12.2. The first-order valence-electron chi connectivity index (χ1n) is 10.9. The van der Waals surface area contributed by atoms with Crippen molar-refractivity contribution in [2.45, 2.75) is 31.1 Å². The van der Waals surface area contributed by atoms with Crippen LogP contribution >= 0.6 is 0 Å². The van der Waals surface area contributed by atoms with Crippen LogP contribution in [0, 0.1) is 0 Å². The van der Waals surface area contributed by atoms with Gasteiger partial charge in [-0.1, -0.05) is 19.1 Å². The van der Waals surface area contributed by atoms with Gasteiger partial charge in [-0.25, -0.2) is 21.1 Å². The molecule has 0 aliphatic heterocycles. The maximum Gasteiger partial charge on any atom is 0.242 e. The predicted molar refractivity (Wildman–Crippen MR) is 133 cm³/mol. The first kappa shape index (κ1) is 27.6. The van der Waals surface area contributed by atoms with Crippen molar-refractivity contribution in [3.05, 3.63) is 54.1 Å². The molecule has 0 spiro atoms. The van der Waals surface area contributed by atoms with E-state index in [2.05, 4.69) is 5.32 Å². The molecule has 2 rings (SSSR count). The highest BCUT2D eigenvalue weighted by Crippen LogP contribution is 2.20. The summed E-state index contributed by atoms with van der Waals surface area (Å²) in [5, 5.41) is 2.74. The van der Waals surface area contributed by atoms with Crippen molar-refractivity contribution in [1.82, 2.24) is 9.62 Å². The molecule has 0 saturated heterocycles. The number of rotatable bonds is 13. The summed E-state index contributed by atoms with van der Waals surface area (Å²) >= 11 is 0. The van der Waals surface area contributed by atoms with E-state index in [1.54, 1.807) is 24.3 Å². The van der Waals surface area contributed by atoms with Gasteiger partial charge in [-0.2, -0.15) is 0 Å². The Labute approximate surface area is 202 Å². The molecule has 1 amide bonds. The van der Waals surface area contributed by atoms with Crippen molar-refractivity contribution in [1.29, 1.82) is 0 Å². The zero-order valence-corrected chi connectivity index (χ0v) is 21.7. The molecule has 11 heteroatoms. The van der Waals surface area contributed by atoms with Crippen LogP contribution in [0.4, 0.5) is 5.69 Å². The molecule has 0 aromatic heterocycles. The average molecular weight is 512 g/mol. The molecule has 0 heterocycles. The van der Waals surface area contributed by atoms with Gasteiger partial charge in [0.25, 0.3) is 0 Å². The fraction of sp³-hybridized carbons (Fsp3) is 0.435. The lowest BCUT2D eigenvalue weighted by molar-refractivity contribution is -0.121. The number of carbonyl (C=O) groups is 1. The lowest BCUT2D eigenvalue weighted by atomic mass is 10.1. The zero-order valence-electron chi connectivity index (χ0n) is 20.0. The molecule has 34 heavy (non-hydrogen) atoms. The van der Waals surface area contributed by atoms with E-state index in [0.29, 0.717) is 17.9 Å². The number of sulfonamides is 2. The van der Waals surface area contributed by atoms with Crippen molar-refractivity contribution in [3.63, 3.8) is 0 Å². The van der Waals surface area contributed by atoms with Crippen LogP contribution in [0.2, 0.25) is 0 Å². The molecule has 0 aliphatic carbocycles. The Balaban J connectivity index is 1.76. The second-order valence-electron chi connectivity index (χ2n) is 7.92. The Morgan fingerprint density at radius 3 is 2.12 bits per heavy atom. The maximum absolute atomic E-state index is 12.2. The van der Waals surface area contributed by atoms with Gasteiger partial charge in [0, 0.05) is 27.1 Å². The molecule has 0 atom stereocenters. The fourth-order valence-electron chi connectivity index (χ4n) is 3.13. The van der Waals surface area contributed by atoms with Crippen LogP contribution in [-0.4, -0.2) is 67.1 Å². The lowest BCUT2D eigenvalue weighted by Gasteiger charge is -2.22. The number of anilines is 1. The van der Waals surface area contributed by atoms with E-state index < -0.39 is 20.0 Å². The van der Waals surface area contributed by atoms with Crippen molar-refractivity contribution in [2.24, 2.45) is 0 Å². The van der Waals surface area contributed by atoms with Gasteiger partial charge < -0.3 is 10.1 Å². The summed E-state index contributed by atoms with van der Waals surface area (Å²) in [6.07, 6.45) is 2.57. The van der Waals surface area contributed by atoms with Crippen LogP contribution in [-0.2, 0) is 31.3 Å². The van der Waals surface area contributed by atoms with Gasteiger partial charge in [0.1, 0.15) is 12.4 Å². The van der Waals surface area contributed by atoms with Crippen LogP contribution in [0.3, 0.4) is 0 Å². The molecule has 9 nitrogen and oxygen atoms in total. The molecule has 0 saturated carbocycles. The number of benzene rings is 2. The summed E-state index contributed by atoms with van der Waals surface area (Å²) in [5.74, 6) is 0.288. The molecule has 0 fully saturated rings. The molecule has 2 aromatic rings. The molecule has 0 aliphatic rings. The summed E-state index contributed by atoms with van der Waals surface area (Å²) in [6, 6.07) is 13.4. The molecule has 188 valence electrons. The summed E-state index contributed by atoms with van der Waals surface area (Å²) in [5.41, 5.74) is 1.70. The first-order chi connectivity index (χ1) is 15.9. The van der Waals surface area contributed by atoms with E-state index in [9.17, 15) is 21.6 Å². The van der Waals surface area contributed by atoms with E-state index in [0.717, 1.165) is 22.5 Å². The number of amides is 1. The van der Waals surface area contributed by atoms with Crippen LogP contribution in [0.25, 0.3) is 0 Å². The number of hydrogen-bond donors (Lipinski definition) is 1. The number of hydrogen-bond acceptors (Lipinski definition) is 6. The highest BCUT2D eigenvalue weighted by Gasteiger charge is 2.18. The number of nitrogens with one attached hydrogen (secondary N) is 1. The Hall–Kier alpha value is -2.63. The van der Waals surface area contributed by atoms with Crippen molar-refractivity contribution in [3.8, 4) is 5.75 Å². The molecular weight excluding hydrogens is 478 g/mol. The normalized spacial score (nSPS) is 11.9. The van der Waals surface area contributed by atoms with Crippen LogP contribution in [0.15, 0.2) is 53.4 Å². The number of nitrogens with zero attached hydrogens (tertiary/aromatic N) is 2. The van der Waals surface area contributed by atoms with E-state index in [-0.39, 0.29) is 36.9 Å². The Morgan fingerprint density at radius 1 is 0.971 bits per heavy atom. The largest absolute Gasteiger partial charge is 0.492 e.